The van der Waals surface area contributed by atoms with Crippen LogP contribution in [-0.4, -0.2) is 18.3 Å². The molecule has 0 aromatic heterocycles. The zero-order valence-electron chi connectivity index (χ0n) is 7.71. The lowest BCUT2D eigenvalue weighted by atomic mass is 10.5. The third kappa shape index (κ3) is 7.66. The second kappa shape index (κ2) is 8.65. The Kier molecular flexibility index (Phi) is 8.34. The molecule has 0 saturated heterocycles. The van der Waals surface area contributed by atoms with Crippen molar-refractivity contribution in [2.75, 3.05) is 12.4 Å². The molecule has 12 heavy (non-hydrogen) atoms. The number of ether oxygens (including phenoxy) is 1. The lowest BCUT2D eigenvalue weighted by Gasteiger charge is -1.96. The molecule has 0 radical (unpaired) electrons. The third-order valence-electron chi connectivity index (χ3n) is 1.07. The molecule has 0 saturated carbocycles. The fourth-order valence-corrected chi connectivity index (χ4v) is 1.12. The molecule has 0 N–H and O–H groups in total. The molecule has 70 valence electrons. The Hall–Kier alpha value is -0.440. The summed E-state index contributed by atoms with van der Waals surface area (Å²) in [6, 6.07) is 0. The van der Waals surface area contributed by atoms with E-state index in [2.05, 4.69) is 6.92 Å². The standard InChI is InChI=1S/C9H16O2S/c1-3-6-11-9(10)5-8-12-7-4-2/h5,8H,3-4,6-7H2,1-2H3. The zero-order valence-corrected chi connectivity index (χ0v) is 8.52. The largest absolute Gasteiger partial charge is 0.463 e. The highest BCUT2D eigenvalue weighted by molar-refractivity contribution is 8.02. The van der Waals surface area contributed by atoms with Gasteiger partial charge in [0, 0.05) is 6.08 Å². The van der Waals surface area contributed by atoms with E-state index < -0.39 is 0 Å². The van der Waals surface area contributed by atoms with E-state index in [-0.39, 0.29) is 5.97 Å². The predicted molar refractivity (Wildman–Crippen MR) is 53.1 cm³/mol. The van der Waals surface area contributed by atoms with Gasteiger partial charge >= 0.3 is 5.97 Å². The quantitative estimate of drug-likeness (QED) is 0.364. The highest BCUT2D eigenvalue weighted by Gasteiger charge is 1.93. The normalized spacial score (nSPS) is 10.5. The molecule has 0 rings (SSSR count). The molecular weight excluding hydrogens is 172 g/mol. The number of hydrogen-bond acceptors (Lipinski definition) is 3. The lowest BCUT2D eigenvalue weighted by Crippen LogP contribution is -2.00. The Balaban J connectivity index is 3.34. The van der Waals surface area contributed by atoms with Crippen LogP contribution in [0.4, 0.5) is 0 Å². The molecule has 3 heteroatoms. The van der Waals surface area contributed by atoms with Crippen LogP contribution in [0.2, 0.25) is 0 Å². The van der Waals surface area contributed by atoms with Crippen molar-refractivity contribution >= 4 is 17.7 Å². The van der Waals surface area contributed by atoms with Crippen LogP contribution in [0.1, 0.15) is 26.7 Å². The minimum atomic E-state index is -0.236. The minimum absolute atomic E-state index is 0.236. The molecule has 0 bridgehead atoms. The van der Waals surface area contributed by atoms with E-state index >= 15 is 0 Å². The van der Waals surface area contributed by atoms with E-state index in [0.717, 1.165) is 18.6 Å². The first-order valence-electron chi connectivity index (χ1n) is 4.26. The average Bonchev–Trinajstić information content (AvgIpc) is 2.09. The molecule has 0 atom stereocenters. The van der Waals surface area contributed by atoms with Gasteiger partial charge in [-0.3, -0.25) is 0 Å². The number of hydrogen-bond donors (Lipinski definition) is 0. The van der Waals surface area contributed by atoms with Crippen molar-refractivity contribution in [1.29, 1.82) is 0 Å². The summed E-state index contributed by atoms with van der Waals surface area (Å²) < 4.78 is 4.83. The van der Waals surface area contributed by atoms with Crippen molar-refractivity contribution in [2.24, 2.45) is 0 Å². The topological polar surface area (TPSA) is 26.3 Å². The Bertz CT molecular complexity index is 143. The summed E-state index contributed by atoms with van der Waals surface area (Å²) in [5.41, 5.74) is 0. The van der Waals surface area contributed by atoms with Crippen LogP contribution in [0.15, 0.2) is 11.5 Å². The van der Waals surface area contributed by atoms with Gasteiger partial charge in [0.05, 0.1) is 6.61 Å². The van der Waals surface area contributed by atoms with Gasteiger partial charge < -0.3 is 4.74 Å². The van der Waals surface area contributed by atoms with E-state index in [1.807, 2.05) is 6.92 Å². The van der Waals surface area contributed by atoms with Crippen molar-refractivity contribution in [3.05, 3.63) is 11.5 Å². The Morgan fingerprint density at radius 3 is 2.75 bits per heavy atom. The van der Waals surface area contributed by atoms with Crippen LogP contribution < -0.4 is 0 Å². The molecule has 0 aromatic rings. The molecule has 0 fully saturated rings. The number of carbonyl (C=O) groups excluding carboxylic acids is 1. The van der Waals surface area contributed by atoms with Crippen LogP contribution in [0.5, 0.6) is 0 Å². The summed E-state index contributed by atoms with van der Waals surface area (Å²) in [5, 5.41) is 1.79. The van der Waals surface area contributed by atoms with Gasteiger partial charge in [-0.15, -0.1) is 11.8 Å². The molecule has 0 aliphatic rings. The highest BCUT2D eigenvalue weighted by Crippen LogP contribution is 2.03. The van der Waals surface area contributed by atoms with Crippen LogP contribution in [-0.2, 0) is 9.53 Å². The maximum atomic E-state index is 10.8. The van der Waals surface area contributed by atoms with E-state index in [9.17, 15) is 4.79 Å². The van der Waals surface area contributed by atoms with Crippen molar-refractivity contribution in [3.63, 3.8) is 0 Å². The molecule has 0 aliphatic heterocycles. The van der Waals surface area contributed by atoms with Crippen LogP contribution >= 0.6 is 11.8 Å². The van der Waals surface area contributed by atoms with Gasteiger partial charge in [-0.05, 0) is 24.0 Å². The molecular formula is C9H16O2S. The summed E-state index contributed by atoms with van der Waals surface area (Å²) in [6.07, 6.45) is 3.48. The first-order valence-corrected chi connectivity index (χ1v) is 5.31. The fraction of sp³-hybridized carbons (Fsp3) is 0.667. The summed E-state index contributed by atoms with van der Waals surface area (Å²) in [4.78, 5) is 10.8. The second-order valence-corrected chi connectivity index (χ2v) is 3.35. The predicted octanol–water partition coefficient (Wildman–Crippen LogP) is 2.60. The van der Waals surface area contributed by atoms with Gasteiger partial charge in [-0.25, -0.2) is 4.79 Å². The smallest absolute Gasteiger partial charge is 0.331 e. The maximum absolute atomic E-state index is 10.8. The first kappa shape index (κ1) is 11.6. The van der Waals surface area contributed by atoms with Gasteiger partial charge in [-0.1, -0.05) is 13.8 Å². The van der Waals surface area contributed by atoms with Gasteiger partial charge in [0.15, 0.2) is 0 Å². The SMILES string of the molecule is CCCOC(=O)C=CSCCC. The van der Waals surface area contributed by atoms with E-state index in [1.54, 1.807) is 17.2 Å². The van der Waals surface area contributed by atoms with Crippen molar-refractivity contribution in [2.45, 2.75) is 26.7 Å². The highest BCUT2D eigenvalue weighted by atomic mass is 32.2. The number of rotatable bonds is 6. The van der Waals surface area contributed by atoms with Crippen molar-refractivity contribution in [1.82, 2.24) is 0 Å². The monoisotopic (exact) mass is 188 g/mol. The molecule has 2 nitrogen and oxygen atoms in total. The molecule has 0 amide bonds. The number of thioether (sulfide) groups is 1. The number of carbonyl (C=O) groups is 1. The van der Waals surface area contributed by atoms with Gasteiger partial charge in [-0.2, -0.15) is 0 Å². The zero-order chi connectivity index (χ0) is 9.23. The molecule has 0 unspecified atom stereocenters. The Morgan fingerprint density at radius 1 is 1.42 bits per heavy atom. The molecule has 0 aromatic carbocycles. The second-order valence-electron chi connectivity index (χ2n) is 2.34. The van der Waals surface area contributed by atoms with Crippen LogP contribution in [0, 0.1) is 0 Å². The van der Waals surface area contributed by atoms with Crippen LogP contribution in [0.3, 0.4) is 0 Å². The van der Waals surface area contributed by atoms with Gasteiger partial charge in [0.1, 0.15) is 0 Å². The van der Waals surface area contributed by atoms with Gasteiger partial charge in [0.2, 0.25) is 0 Å². The van der Waals surface area contributed by atoms with Crippen molar-refractivity contribution < 1.29 is 9.53 Å². The Labute approximate surface area is 78.4 Å². The van der Waals surface area contributed by atoms with E-state index in [4.69, 9.17) is 4.74 Å². The maximum Gasteiger partial charge on any atom is 0.331 e. The third-order valence-corrected chi connectivity index (χ3v) is 2.04. The Morgan fingerprint density at radius 2 is 2.17 bits per heavy atom. The molecule has 0 heterocycles. The molecule has 0 aliphatic carbocycles. The summed E-state index contributed by atoms with van der Waals surface area (Å²) in [5.74, 6) is 0.817. The summed E-state index contributed by atoms with van der Waals surface area (Å²) >= 11 is 1.63. The average molecular weight is 188 g/mol. The van der Waals surface area contributed by atoms with Gasteiger partial charge in [0.25, 0.3) is 0 Å². The first-order chi connectivity index (χ1) is 5.81. The van der Waals surface area contributed by atoms with Crippen molar-refractivity contribution in [3.8, 4) is 0 Å². The number of esters is 1. The lowest BCUT2D eigenvalue weighted by molar-refractivity contribution is -0.137. The van der Waals surface area contributed by atoms with E-state index in [0.29, 0.717) is 6.61 Å². The van der Waals surface area contributed by atoms with Crippen LogP contribution in [0.25, 0.3) is 0 Å². The van der Waals surface area contributed by atoms with E-state index in [1.165, 1.54) is 6.08 Å². The summed E-state index contributed by atoms with van der Waals surface area (Å²) in [7, 11) is 0. The fourth-order valence-electron chi connectivity index (χ4n) is 0.540. The summed E-state index contributed by atoms with van der Waals surface area (Å²) in [6.45, 7) is 4.60. The molecule has 0 spiro atoms. The minimum Gasteiger partial charge on any atom is -0.463 e.